The average Bonchev–Trinajstić information content (AvgIpc) is 2.56. The predicted molar refractivity (Wildman–Crippen MR) is 80.8 cm³/mol. The highest BCUT2D eigenvalue weighted by atomic mass is 16.4. The fourth-order valence-electron chi connectivity index (χ4n) is 3.64. The minimum Gasteiger partial charge on any atom is -0.478 e. The summed E-state index contributed by atoms with van der Waals surface area (Å²) in [6.45, 7) is 0.648. The fraction of sp³-hybridized carbons (Fsp3) is 0.500. The molecule has 2 aliphatic rings. The maximum Gasteiger partial charge on any atom is 0.337 e. The molecule has 1 aromatic rings. The van der Waals surface area contributed by atoms with E-state index in [1.807, 2.05) is 18.0 Å². The molecule has 0 atom stereocenters. The van der Waals surface area contributed by atoms with Gasteiger partial charge in [0.2, 0.25) is 5.91 Å². The van der Waals surface area contributed by atoms with Crippen LogP contribution in [0.5, 0.6) is 0 Å². The van der Waals surface area contributed by atoms with Crippen LogP contribution in [-0.2, 0) is 4.79 Å². The van der Waals surface area contributed by atoms with Crippen molar-refractivity contribution in [2.24, 2.45) is 5.41 Å². The van der Waals surface area contributed by atoms with E-state index in [2.05, 4.69) is 5.32 Å². The number of nitrogens with zero attached hydrogens (tertiary/aromatic N) is 1. The van der Waals surface area contributed by atoms with Gasteiger partial charge in [-0.2, -0.15) is 0 Å². The smallest absolute Gasteiger partial charge is 0.337 e. The van der Waals surface area contributed by atoms with Crippen molar-refractivity contribution in [2.45, 2.75) is 32.1 Å². The lowest BCUT2D eigenvalue weighted by atomic mass is 9.73. The lowest BCUT2D eigenvalue weighted by Gasteiger charge is -2.36. The molecule has 1 aliphatic heterocycles. The maximum absolute atomic E-state index is 12.7. The number of carbonyl (C=O) groups is 2. The number of carboxylic acid groups (broad SMARTS) is 1. The Morgan fingerprint density at radius 3 is 2.67 bits per heavy atom. The third-order valence-electron chi connectivity index (χ3n) is 4.75. The molecule has 2 N–H and O–H groups in total. The van der Waals surface area contributed by atoms with Gasteiger partial charge >= 0.3 is 5.97 Å². The van der Waals surface area contributed by atoms with Gasteiger partial charge in [0.1, 0.15) is 0 Å². The van der Waals surface area contributed by atoms with Crippen molar-refractivity contribution in [2.75, 3.05) is 23.8 Å². The van der Waals surface area contributed by atoms with E-state index in [0.717, 1.165) is 31.4 Å². The molecule has 21 heavy (non-hydrogen) atoms. The number of rotatable bonds is 1. The van der Waals surface area contributed by atoms with Crippen LogP contribution in [0.4, 0.5) is 11.4 Å². The first kappa shape index (κ1) is 13.9. The molecular formula is C16H20N2O3. The number of amides is 1. The van der Waals surface area contributed by atoms with Gasteiger partial charge in [0, 0.05) is 13.6 Å². The van der Waals surface area contributed by atoms with Crippen molar-refractivity contribution >= 4 is 23.3 Å². The van der Waals surface area contributed by atoms with Gasteiger partial charge < -0.3 is 15.3 Å². The topological polar surface area (TPSA) is 69.6 Å². The molecule has 1 heterocycles. The summed E-state index contributed by atoms with van der Waals surface area (Å²) >= 11 is 0. The number of carbonyl (C=O) groups excluding carboxylic acids is 1. The number of nitrogens with one attached hydrogen (secondary N) is 1. The number of para-hydroxylation sites is 1. The van der Waals surface area contributed by atoms with Gasteiger partial charge in [0.05, 0.1) is 22.4 Å². The van der Waals surface area contributed by atoms with Crippen LogP contribution < -0.4 is 10.2 Å². The summed E-state index contributed by atoms with van der Waals surface area (Å²) in [5.41, 5.74) is 0.980. The molecule has 5 nitrogen and oxygen atoms in total. The van der Waals surface area contributed by atoms with Crippen LogP contribution in [0.1, 0.15) is 42.5 Å². The third kappa shape index (κ3) is 2.26. The standard InChI is InChI=1S/C16H20N2O3/c1-18-10-16(8-3-2-4-9-16)15(21)17-13-11(14(19)20)6-5-7-12(13)18/h5-7H,2-4,8-10H2,1H3,(H,17,21)(H,19,20). The molecule has 5 heteroatoms. The van der Waals surface area contributed by atoms with E-state index < -0.39 is 5.97 Å². The molecule has 1 amide bonds. The normalized spacial score (nSPS) is 20.6. The average molecular weight is 288 g/mol. The van der Waals surface area contributed by atoms with E-state index in [1.165, 1.54) is 12.5 Å². The highest BCUT2D eigenvalue weighted by molar-refractivity contribution is 6.07. The largest absolute Gasteiger partial charge is 0.478 e. The quantitative estimate of drug-likeness (QED) is 0.833. The van der Waals surface area contributed by atoms with Crippen LogP contribution in [0.15, 0.2) is 18.2 Å². The number of hydrogen-bond donors (Lipinski definition) is 2. The second kappa shape index (κ2) is 5.06. The van der Waals surface area contributed by atoms with Crippen LogP contribution in [0.2, 0.25) is 0 Å². The summed E-state index contributed by atoms with van der Waals surface area (Å²) in [6.07, 6.45) is 5.04. The van der Waals surface area contributed by atoms with Crippen LogP contribution in [0, 0.1) is 5.41 Å². The van der Waals surface area contributed by atoms with Crippen molar-refractivity contribution in [3.63, 3.8) is 0 Å². The van der Waals surface area contributed by atoms with Crippen LogP contribution in [-0.4, -0.2) is 30.6 Å². The van der Waals surface area contributed by atoms with Crippen molar-refractivity contribution in [3.8, 4) is 0 Å². The Morgan fingerprint density at radius 2 is 2.00 bits per heavy atom. The van der Waals surface area contributed by atoms with Gasteiger partial charge in [-0.05, 0) is 25.0 Å². The molecule has 1 spiro atoms. The zero-order chi connectivity index (χ0) is 15.0. The monoisotopic (exact) mass is 288 g/mol. The zero-order valence-electron chi connectivity index (χ0n) is 12.2. The molecule has 0 aromatic heterocycles. The third-order valence-corrected chi connectivity index (χ3v) is 4.75. The molecule has 112 valence electrons. The van der Waals surface area contributed by atoms with E-state index in [4.69, 9.17) is 0 Å². The van der Waals surface area contributed by atoms with E-state index in [0.29, 0.717) is 12.2 Å². The second-order valence-corrected chi connectivity index (χ2v) is 6.16. The van der Waals surface area contributed by atoms with E-state index >= 15 is 0 Å². The Balaban J connectivity index is 2.06. The van der Waals surface area contributed by atoms with E-state index in [9.17, 15) is 14.7 Å². The van der Waals surface area contributed by atoms with E-state index in [1.54, 1.807) is 6.07 Å². The van der Waals surface area contributed by atoms with E-state index in [-0.39, 0.29) is 16.9 Å². The number of aromatic carboxylic acids is 1. The maximum atomic E-state index is 12.7. The first-order valence-corrected chi connectivity index (χ1v) is 7.42. The molecule has 1 aliphatic carbocycles. The molecule has 1 fully saturated rings. The molecule has 0 radical (unpaired) electrons. The summed E-state index contributed by atoms with van der Waals surface area (Å²) < 4.78 is 0. The highest BCUT2D eigenvalue weighted by Gasteiger charge is 2.43. The molecule has 0 bridgehead atoms. The summed E-state index contributed by atoms with van der Waals surface area (Å²) in [5, 5.41) is 12.2. The molecular weight excluding hydrogens is 268 g/mol. The zero-order valence-corrected chi connectivity index (χ0v) is 12.2. The lowest BCUT2D eigenvalue weighted by Crippen LogP contribution is -2.44. The van der Waals surface area contributed by atoms with Crippen LogP contribution >= 0.6 is 0 Å². The minimum absolute atomic E-state index is 0.0264. The fourth-order valence-corrected chi connectivity index (χ4v) is 3.64. The second-order valence-electron chi connectivity index (χ2n) is 6.16. The van der Waals surface area contributed by atoms with Gasteiger partial charge in [0.25, 0.3) is 0 Å². The molecule has 0 unspecified atom stereocenters. The van der Waals surface area contributed by atoms with Crippen molar-refractivity contribution in [3.05, 3.63) is 23.8 Å². The Morgan fingerprint density at radius 1 is 1.29 bits per heavy atom. The Kier molecular flexibility index (Phi) is 3.35. The number of fused-ring (bicyclic) bond motifs is 1. The molecule has 0 saturated heterocycles. The predicted octanol–water partition coefficient (Wildman–Crippen LogP) is 2.72. The van der Waals surface area contributed by atoms with Gasteiger partial charge in [-0.25, -0.2) is 4.79 Å². The van der Waals surface area contributed by atoms with Gasteiger partial charge in [-0.1, -0.05) is 25.3 Å². The highest BCUT2D eigenvalue weighted by Crippen LogP contribution is 2.43. The lowest BCUT2D eigenvalue weighted by molar-refractivity contribution is -0.126. The summed E-state index contributed by atoms with van der Waals surface area (Å²) in [6, 6.07) is 5.13. The Bertz CT molecular complexity index is 591. The first-order valence-electron chi connectivity index (χ1n) is 7.42. The molecule has 1 saturated carbocycles. The van der Waals surface area contributed by atoms with Gasteiger partial charge in [-0.3, -0.25) is 4.79 Å². The summed E-state index contributed by atoms with van der Waals surface area (Å²) in [5.74, 6) is -1.04. The van der Waals surface area contributed by atoms with Crippen molar-refractivity contribution in [1.29, 1.82) is 0 Å². The van der Waals surface area contributed by atoms with Gasteiger partial charge in [0.15, 0.2) is 0 Å². The van der Waals surface area contributed by atoms with Crippen LogP contribution in [0.25, 0.3) is 0 Å². The SMILES string of the molecule is CN1CC2(CCCCC2)C(=O)Nc2c(C(=O)O)cccc21. The number of benzene rings is 1. The number of hydrogen-bond acceptors (Lipinski definition) is 3. The Labute approximate surface area is 123 Å². The van der Waals surface area contributed by atoms with Gasteiger partial charge in [-0.15, -0.1) is 0 Å². The summed E-state index contributed by atoms with van der Waals surface area (Å²) in [7, 11) is 1.93. The van der Waals surface area contributed by atoms with Crippen molar-refractivity contribution in [1.82, 2.24) is 0 Å². The van der Waals surface area contributed by atoms with Crippen LogP contribution in [0.3, 0.4) is 0 Å². The molecule has 3 rings (SSSR count). The number of anilines is 2. The molecule has 1 aromatic carbocycles. The minimum atomic E-state index is -1.01. The van der Waals surface area contributed by atoms with Crippen molar-refractivity contribution < 1.29 is 14.7 Å². The Hall–Kier alpha value is -2.04. The summed E-state index contributed by atoms with van der Waals surface area (Å²) in [4.78, 5) is 26.2. The number of carboxylic acids is 1. The first-order chi connectivity index (χ1) is 10.0.